The average molecular weight is 401 g/mol. The lowest BCUT2D eigenvalue weighted by molar-refractivity contribution is -0.132. The van der Waals surface area contributed by atoms with Gasteiger partial charge >= 0.3 is 5.97 Å². The number of esters is 1. The molecule has 0 atom stereocenters. The number of hydrazone groups is 1. The molecule has 0 spiro atoms. The van der Waals surface area contributed by atoms with Crippen molar-refractivity contribution >= 4 is 35.2 Å². The predicted octanol–water partition coefficient (Wildman–Crippen LogP) is 3.57. The largest absolute Gasteiger partial charge is 0.493 e. The first-order chi connectivity index (χ1) is 13.3. The van der Waals surface area contributed by atoms with Gasteiger partial charge in [-0.3, -0.25) is 10.2 Å². The van der Waals surface area contributed by atoms with Crippen LogP contribution in [0.4, 0.5) is 5.69 Å². The smallest absolute Gasteiger partial charge is 0.308 e. The van der Waals surface area contributed by atoms with Gasteiger partial charge in [-0.05, 0) is 49.8 Å². The summed E-state index contributed by atoms with van der Waals surface area (Å²) in [6.07, 6.45) is 1.55. The summed E-state index contributed by atoms with van der Waals surface area (Å²) in [4.78, 5) is 11.3. The van der Waals surface area contributed by atoms with Crippen LogP contribution in [0.2, 0.25) is 0 Å². The number of benzene rings is 2. The Hall–Kier alpha value is -3.13. The molecule has 0 fully saturated rings. The quantitative estimate of drug-likeness (QED) is 0.252. The number of hydrogen-bond acceptors (Lipinski definition) is 6. The van der Waals surface area contributed by atoms with Crippen LogP contribution >= 0.6 is 12.2 Å². The molecule has 2 aromatic carbocycles. The van der Waals surface area contributed by atoms with Crippen LogP contribution in [0.3, 0.4) is 0 Å². The van der Waals surface area contributed by atoms with Gasteiger partial charge in [-0.25, -0.2) is 0 Å². The number of thiocarbonyl (C=S) groups is 1. The van der Waals surface area contributed by atoms with Crippen molar-refractivity contribution in [3.8, 4) is 17.2 Å². The maximum absolute atomic E-state index is 11.3. The fraction of sp³-hybridized carbons (Fsp3) is 0.250. The van der Waals surface area contributed by atoms with Crippen LogP contribution in [0.5, 0.6) is 17.2 Å². The van der Waals surface area contributed by atoms with Gasteiger partial charge in [0.15, 0.2) is 16.6 Å². The van der Waals surface area contributed by atoms with Crippen molar-refractivity contribution in [2.24, 2.45) is 5.10 Å². The van der Waals surface area contributed by atoms with E-state index < -0.39 is 5.97 Å². The lowest BCUT2D eigenvalue weighted by atomic mass is 10.1. The molecule has 8 heteroatoms. The molecule has 0 aliphatic heterocycles. The monoisotopic (exact) mass is 401 g/mol. The Morgan fingerprint density at radius 1 is 1.11 bits per heavy atom. The summed E-state index contributed by atoms with van der Waals surface area (Å²) < 4.78 is 15.7. The molecule has 0 radical (unpaired) electrons. The van der Waals surface area contributed by atoms with Gasteiger partial charge in [-0.2, -0.15) is 5.10 Å². The Morgan fingerprint density at radius 3 is 2.29 bits per heavy atom. The minimum atomic E-state index is -0.470. The Bertz CT molecular complexity index is 887. The molecule has 0 unspecified atom stereocenters. The molecule has 0 amide bonds. The fourth-order valence-electron chi connectivity index (χ4n) is 2.49. The molecular weight excluding hydrogens is 378 g/mol. The number of nitrogens with one attached hydrogen (secondary N) is 2. The number of anilines is 1. The molecule has 0 saturated heterocycles. The zero-order chi connectivity index (χ0) is 20.7. The molecule has 0 heterocycles. The first-order valence-electron chi connectivity index (χ1n) is 8.45. The Morgan fingerprint density at radius 2 is 1.75 bits per heavy atom. The van der Waals surface area contributed by atoms with Gasteiger partial charge in [0.25, 0.3) is 0 Å². The third-order valence-corrected chi connectivity index (χ3v) is 3.93. The van der Waals surface area contributed by atoms with Crippen molar-refractivity contribution in [1.29, 1.82) is 0 Å². The highest BCUT2D eigenvalue weighted by Gasteiger charge is 2.15. The maximum Gasteiger partial charge on any atom is 0.308 e. The topological polar surface area (TPSA) is 81.2 Å². The van der Waals surface area contributed by atoms with Crippen molar-refractivity contribution in [2.45, 2.75) is 20.8 Å². The van der Waals surface area contributed by atoms with Crippen LogP contribution in [0.25, 0.3) is 0 Å². The number of hydrogen-bond donors (Lipinski definition) is 2. The maximum atomic E-state index is 11.3. The van der Waals surface area contributed by atoms with Crippen molar-refractivity contribution in [1.82, 2.24) is 5.43 Å². The van der Waals surface area contributed by atoms with Crippen LogP contribution in [0.15, 0.2) is 35.4 Å². The Kier molecular flexibility index (Phi) is 7.34. The SMILES string of the molecule is COc1cc(/C=N\NC(=S)Nc2ccc(C)cc2C)cc(OC)c1OC(C)=O. The van der Waals surface area contributed by atoms with Crippen LogP contribution in [-0.4, -0.2) is 31.5 Å². The second-order valence-corrected chi connectivity index (χ2v) is 6.40. The van der Waals surface area contributed by atoms with Gasteiger partial charge in [0.2, 0.25) is 5.75 Å². The van der Waals surface area contributed by atoms with Crippen LogP contribution in [0, 0.1) is 13.8 Å². The zero-order valence-electron chi connectivity index (χ0n) is 16.5. The molecule has 28 heavy (non-hydrogen) atoms. The summed E-state index contributed by atoms with van der Waals surface area (Å²) in [6.45, 7) is 5.35. The summed E-state index contributed by atoms with van der Waals surface area (Å²) in [5, 5.41) is 7.59. The molecular formula is C20H23N3O4S. The van der Waals surface area contributed by atoms with E-state index in [1.807, 2.05) is 26.0 Å². The van der Waals surface area contributed by atoms with Gasteiger partial charge in [0, 0.05) is 18.2 Å². The Balaban J connectivity index is 2.10. The molecule has 0 aliphatic rings. The number of ether oxygens (including phenoxy) is 3. The molecule has 0 bridgehead atoms. The average Bonchev–Trinajstić information content (AvgIpc) is 2.64. The summed E-state index contributed by atoms with van der Waals surface area (Å²) in [5.74, 6) is 0.455. The van der Waals surface area contributed by atoms with E-state index in [0.717, 1.165) is 11.3 Å². The first kappa shape index (κ1) is 21.2. The molecule has 2 rings (SSSR count). The summed E-state index contributed by atoms with van der Waals surface area (Å²) in [5.41, 5.74) is 6.62. The number of carbonyl (C=O) groups excluding carboxylic acids is 1. The standard InChI is InChI=1S/C20H23N3O4S/c1-12-6-7-16(13(2)8-12)22-20(28)23-21-11-15-9-17(25-4)19(27-14(3)24)18(10-15)26-5/h6-11H,1-5H3,(H2,22,23,28)/b21-11-. The van der Waals surface area contributed by atoms with Crippen LogP contribution in [0.1, 0.15) is 23.6 Å². The second-order valence-electron chi connectivity index (χ2n) is 5.99. The van der Waals surface area contributed by atoms with Gasteiger partial charge in [0.05, 0.1) is 20.4 Å². The van der Waals surface area contributed by atoms with E-state index >= 15 is 0 Å². The molecule has 7 nitrogen and oxygen atoms in total. The van der Waals surface area contributed by atoms with Crippen molar-refractivity contribution in [2.75, 3.05) is 19.5 Å². The molecule has 0 aliphatic carbocycles. The third-order valence-electron chi connectivity index (χ3n) is 3.74. The first-order valence-corrected chi connectivity index (χ1v) is 8.86. The van der Waals surface area contributed by atoms with E-state index in [1.54, 1.807) is 18.3 Å². The molecule has 0 aromatic heterocycles. The molecule has 2 N–H and O–H groups in total. The molecule has 148 valence electrons. The third kappa shape index (κ3) is 5.68. The van der Waals surface area contributed by atoms with E-state index in [2.05, 4.69) is 21.9 Å². The van der Waals surface area contributed by atoms with E-state index in [9.17, 15) is 4.79 Å². The minimum Gasteiger partial charge on any atom is -0.493 e. The van der Waals surface area contributed by atoms with E-state index in [4.69, 9.17) is 26.4 Å². The Labute approximate surface area is 169 Å². The van der Waals surface area contributed by atoms with Gasteiger partial charge in [-0.1, -0.05) is 17.7 Å². The molecule has 2 aromatic rings. The number of methoxy groups -OCH3 is 2. The molecule has 0 saturated carbocycles. The zero-order valence-corrected chi connectivity index (χ0v) is 17.3. The van der Waals surface area contributed by atoms with Crippen LogP contribution < -0.4 is 25.0 Å². The highest BCUT2D eigenvalue weighted by atomic mass is 32.1. The fourth-order valence-corrected chi connectivity index (χ4v) is 2.65. The summed E-state index contributed by atoms with van der Waals surface area (Å²) >= 11 is 5.27. The van der Waals surface area contributed by atoms with E-state index in [0.29, 0.717) is 22.2 Å². The number of aryl methyl sites for hydroxylation is 2. The van der Waals surface area contributed by atoms with Crippen LogP contribution in [-0.2, 0) is 4.79 Å². The lowest BCUT2D eigenvalue weighted by Crippen LogP contribution is -2.24. The number of nitrogens with zero attached hydrogens (tertiary/aromatic N) is 1. The second kappa shape index (κ2) is 9.70. The summed E-state index contributed by atoms with van der Waals surface area (Å²) in [7, 11) is 2.95. The number of rotatable bonds is 6. The van der Waals surface area contributed by atoms with Crippen molar-refractivity contribution < 1.29 is 19.0 Å². The normalized spacial score (nSPS) is 10.5. The van der Waals surface area contributed by atoms with Crippen molar-refractivity contribution in [3.05, 3.63) is 47.0 Å². The van der Waals surface area contributed by atoms with E-state index in [1.165, 1.54) is 26.7 Å². The summed E-state index contributed by atoms with van der Waals surface area (Å²) in [6, 6.07) is 9.38. The van der Waals surface area contributed by atoms with E-state index in [-0.39, 0.29) is 5.75 Å². The van der Waals surface area contributed by atoms with Crippen molar-refractivity contribution in [3.63, 3.8) is 0 Å². The highest BCUT2D eigenvalue weighted by molar-refractivity contribution is 7.80. The predicted molar refractivity (Wildman–Crippen MR) is 114 cm³/mol. The lowest BCUT2D eigenvalue weighted by Gasteiger charge is -2.13. The van der Waals surface area contributed by atoms with Gasteiger partial charge in [-0.15, -0.1) is 0 Å². The minimum absolute atomic E-state index is 0.217. The number of carbonyl (C=O) groups is 1. The highest BCUT2D eigenvalue weighted by Crippen LogP contribution is 2.38. The van der Waals surface area contributed by atoms with Gasteiger partial charge < -0.3 is 19.5 Å². The van der Waals surface area contributed by atoms with Gasteiger partial charge in [0.1, 0.15) is 0 Å².